The van der Waals surface area contributed by atoms with Crippen LogP contribution in [-0.4, -0.2) is 4.57 Å². The van der Waals surface area contributed by atoms with Gasteiger partial charge in [-0.05, 0) is 116 Å². The molecule has 0 saturated carbocycles. The first-order valence-electron chi connectivity index (χ1n) is 21.6. The van der Waals surface area contributed by atoms with Crippen molar-refractivity contribution in [3.8, 4) is 27.9 Å². The van der Waals surface area contributed by atoms with Crippen LogP contribution in [0.1, 0.15) is 0 Å². The molecule has 0 spiro atoms. The van der Waals surface area contributed by atoms with Crippen LogP contribution >= 0.6 is 0 Å². The van der Waals surface area contributed by atoms with Crippen LogP contribution in [0.4, 0.5) is 17.1 Å². The Morgan fingerprint density at radius 2 is 0.921 bits per heavy atom. The molecular formula is C60H38N2O. The summed E-state index contributed by atoms with van der Waals surface area (Å²) in [6, 6.07) is 83.4. The van der Waals surface area contributed by atoms with Crippen LogP contribution in [0.2, 0.25) is 0 Å². The third-order valence-electron chi connectivity index (χ3n) is 12.9. The summed E-state index contributed by atoms with van der Waals surface area (Å²) >= 11 is 0. The molecule has 0 unspecified atom stereocenters. The summed E-state index contributed by atoms with van der Waals surface area (Å²) in [7, 11) is 0. The number of benzene rings is 11. The lowest BCUT2D eigenvalue weighted by Gasteiger charge is -2.26. The monoisotopic (exact) mass is 802 g/mol. The molecular weight excluding hydrogens is 765 g/mol. The van der Waals surface area contributed by atoms with E-state index in [1.807, 2.05) is 0 Å². The highest BCUT2D eigenvalue weighted by Crippen LogP contribution is 2.45. The Bertz CT molecular complexity index is 3870. The fraction of sp³-hybridized carbons (Fsp3) is 0. The zero-order valence-corrected chi connectivity index (χ0v) is 34.2. The number of anilines is 3. The van der Waals surface area contributed by atoms with E-state index >= 15 is 0 Å². The molecule has 0 aliphatic rings. The van der Waals surface area contributed by atoms with Gasteiger partial charge in [0.2, 0.25) is 0 Å². The zero-order chi connectivity index (χ0) is 41.4. The molecule has 2 aromatic heterocycles. The molecule has 0 aliphatic carbocycles. The second-order valence-electron chi connectivity index (χ2n) is 16.5. The first-order valence-corrected chi connectivity index (χ1v) is 21.6. The van der Waals surface area contributed by atoms with E-state index in [-0.39, 0.29) is 0 Å². The predicted molar refractivity (Wildman–Crippen MR) is 266 cm³/mol. The molecule has 63 heavy (non-hydrogen) atoms. The second-order valence-corrected chi connectivity index (χ2v) is 16.5. The Morgan fingerprint density at radius 1 is 0.317 bits per heavy atom. The highest BCUT2D eigenvalue weighted by Gasteiger charge is 2.22. The standard InChI is InChI=1S/C60H38N2O/c1-4-21-48-40(14-1)32-35-54-53-26-13-29-58(60(53)63-59(48)54)61(45-18-12-17-42(37-45)55-38-43-15-2-3-20-47(43)49-22-5-6-23-50(49)55)44-33-30-39(31-34-44)41-16-11-19-46(36-41)62-56-27-9-7-24-51(56)52-25-8-10-28-57(52)62/h1-38H. The predicted octanol–water partition coefficient (Wildman–Crippen LogP) is 16.9. The summed E-state index contributed by atoms with van der Waals surface area (Å²) in [6.07, 6.45) is 0. The van der Waals surface area contributed by atoms with Crippen LogP contribution in [0, 0.1) is 0 Å². The van der Waals surface area contributed by atoms with Gasteiger partial charge >= 0.3 is 0 Å². The number of para-hydroxylation sites is 3. The van der Waals surface area contributed by atoms with E-state index in [4.69, 9.17) is 4.42 Å². The van der Waals surface area contributed by atoms with Crippen molar-refractivity contribution in [1.82, 2.24) is 4.57 Å². The van der Waals surface area contributed by atoms with E-state index in [1.165, 1.54) is 48.9 Å². The van der Waals surface area contributed by atoms with Gasteiger partial charge in [-0.3, -0.25) is 0 Å². The lowest BCUT2D eigenvalue weighted by Crippen LogP contribution is -2.10. The highest BCUT2D eigenvalue weighted by molar-refractivity contribution is 6.18. The van der Waals surface area contributed by atoms with Crippen LogP contribution in [0.5, 0.6) is 0 Å². The van der Waals surface area contributed by atoms with Crippen LogP contribution in [0.3, 0.4) is 0 Å². The minimum atomic E-state index is 0.855. The molecule has 3 nitrogen and oxygen atoms in total. The average molecular weight is 803 g/mol. The molecule has 0 radical (unpaired) electrons. The Kier molecular flexibility index (Phi) is 7.91. The van der Waals surface area contributed by atoms with E-state index in [1.54, 1.807) is 0 Å². The van der Waals surface area contributed by atoms with Crippen molar-refractivity contribution < 1.29 is 4.42 Å². The van der Waals surface area contributed by atoms with Crippen molar-refractivity contribution in [2.75, 3.05) is 4.90 Å². The molecule has 2 heterocycles. The molecule has 0 fully saturated rings. The Hall–Kier alpha value is -8.40. The minimum absolute atomic E-state index is 0.855. The van der Waals surface area contributed by atoms with Crippen molar-refractivity contribution in [3.63, 3.8) is 0 Å². The summed E-state index contributed by atoms with van der Waals surface area (Å²) < 4.78 is 9.38. The number of hydrogen-bond donors (Lipinski definition) is 0. The average Bonchev–Trinajstić information content (AvgIpc) is 3.91. The van der Waals surface area contributed by atoms with Crippen molar-refractivity contribution in [2.45, 2.75) is 0 Å². The Labute approximate surface area is 363 Å². The quantitative estimate of drug-likeness (QED) is 0.156. The molecule has 0 atom stereocenters. The molecule has 13 rings (SSSR count). The molecule has 0 saturated heterocycles. The van der Waals surface area contributed by atoms with Crippen LogP contribution < -0.4 is 4.90 Å². The van der Waals surface area contributed by atoms with Gasteiger partial charge in [-0.15, -0.1) is 0 Å². The smallest absolute Gasteiger partial charge is 0.159 e. The third-order valence-corrected chi connectivity index (χ3v) is 12.9. The van der Waals surface area contributed by atoms with Gasteiger partial charge in [0.25, 0.3) is 0 Å². The van der Waals surface area contributed by atoms with Gasteiger partial charge in [-0.25, -0.2) is 0 Å². The van der Waals surface area contributed by atoms with Gasteiger partial charge < -0.3 is 13.9 Å². The van der Waals surface area contributed by atoms with Crippen molar-refractivity contribution >= 4 is 93.1 Å². The van der Waals surface area contributed by atoms with Gasteiger partial charge in [0.05, 0.1) is 16.7 Å². The third kappa shape index (κ3) is 5.60. The molecule has 294 valence electrons. The molecule has 13 aromatic rings. The van der Waals surface area contributed by atoms with Crippen molar-refractivity contribution in [2.24, 2.45) is 0 Å². The summed E-state index contributed by atoms with van der Waals surface area (Å²) in [5.41, 5.74) is 13.0. The molecule has 0 amide bonds. The summed E-state index contributed by atoms with van der Waals surface area (Å²) in [5, 5.41) is 12.0. The fourth-order valence-corrected chi connectivity index (χ4v) is 10.0. The number of rotatable bonds is 6. The van der Waals surface area contributed by atoms with Gasteiger partial charge in [0, 0.05) is 44.0 Å². The maximum absolute atomic E-state index is 7.00. The Balaban J connectivity index is 0.981. The summed E-state index contributed by atoms with van der Waals surface area (Å²) in [6.45, 7) is 0. The minimum Gasteiger partial charge on any atom is -0.453 e. The number of nitrogens with zero attached hydrogens (tertiary/aromatic N) is 2. The van der Waals surface area contributed by atoms with Crippen LogP contribution in [-0.2, 0) is 0 Å². The number of fused-ring (bicyclic) bond motifs is 11. The van der Waals surface area contributed by atoms with E-state index in [2.05, 4.69) is 240 Å². The van der Waals surface area contributed by atoms with Crippen molar-refractivity contribution in [3.05, 3.63) is 231 Å². The number of furan rings is 1. The lowest BCUT2D eigenvalue weighted by atomic mass is 9.93. The molecule has 3 heteroatoms. The molecule has 0 bridgehead atoms. The normalized spacial score (nSPS) is 11.8. The lowest BCUT2D eigenvalue weighted by molar-refractivity contribution is 0.673. The zero-order valence-electron chi connectivity index (χ0n) is 34.2. The maximum Gasteiger partial charge on any atom is 0.159 e. The van der Waals surface area contributed by atoms with E-state index < -0.39 is 0 Å². The molecule has 0 aliphatic heterocycles. The summed E-state index contributed by atoms with van der Waals surface area (Å²) in [4.78, 5) is 2.36. The number of hydrogen-bond acceptors (Lipinski definition) is 2. The van der Waals surface area contributed by atoms with Gasteiger partial charge in [0.1, 0.15) is 5.58 Å². The molecule has 0 N–H and O–H groups in total. The first-order chi connectivity index (χ1) is 31.2. The first kappa shape index (κ1) is 35.4. The SMILES string of the molecule is c1cc(-c2cc3ccccc3c3ccccc23)cc(N(c2ccc(-c3cccc(-n4c5ccccc5c5ccccc54)c3)cc2)c2cccc3c2oc2c4ccccc4ccc32)c1. The fourth-order valence-electron chi connectivity index (χ4n) is 10.0. The van der Waals surface area contributed by atoms with Gasteiger partial charge in [0.15, 0.2) is 5.58 Å². The van der Waals surface area contributed by atoms with E-state index in [0.717, 1.165) is 72.2 Å². The summed E-state index contributed by atoms with van der Waals surface area (Å²) in [5.74, 6) is 0. The number of aromatic nitrogens is 1. The van der Waals surface area contributed by atoms with Gasteiger partial charge in [-0.1, -0.05) is 164 Å². The molecule has 11 aromatic carbocycles. The topological polar surface area (TPSA) is 21.3 Å². The Morgan fingerprint density at radius 3 is 1.71 bits per heavy atom. The van der Waals surface area contributed by atoms with Crippen LogP contribution in [0.15, 0.2) is 235 Å². The highest BCUT2D eigenvalue weighted by atomic mass is 16.3. The van der Waals surface area contributed by atoms with E-state index in [9.17, 15) is 0 Å². The van der Waals surface area contributed by atoms with Gasteiger partial charge in [-0.2, -0.15) is 0 Å². The maximum atomic E-state index is 7.00. The van der Waals surface area contributed by atoms with Crippen molar-refractivity contribution in [1.29, 1.82) is 0 Å². The largest absolute Gasteiger partial charge is 0.453 e. The van der Waals surface area contributed by atoms with Crippen LogP contribution in [0.25, 0.3) is 104 Å². The van der Waals surface area contributed by atoms with E-state index in [0.29, 0.717) is 0 Å². The second kappa shape index (κ2) is 14.1.